The molecule has 0 radical (unpaired) electrons. The minimum Gasteiger partial charge on any atom is -0.388 e. The predicted molar refractivity (Wildman–Crippen MR) is 244 cm³/mol. The van der Waals surface area contributed by atoms with E-state index < -0.39 is 29.7 Å². The molecule has 0 bridgehead atoms. The van der Waals surface area contributed by atoms with Crippen LogP contribution in [-0.2, 0) is 39.9 Å². The Labute approximate surface area is 381 Å². The van der Waals surface area contributed by atoms with Crippen molar-refractivity contribution in [3.8, 4) is 0 Å². The number of nitrogens with one attached hydrogen (secondary N) is 7. The zero-order chi connectivity index (χ0) is 46.4. The molecular weight excluding hydrogens is 853 g/mol. The number of rotatable bonds is 25. The number of hydrogen-bond donors (Lipinski definition) is 7. The molecule has 6 amide bonds. The molecule has 1 aromatic heterocycles. The largest absolute Gasteiger partial charge is 0.388 e. The molecule has 0 aliphatic carbocycles. The summed E-state index contributed by atoms with van der Waals surface area (Å²) in [5.74, 6) is -1.41. The van der Waals surface area contributed by atoms with Crippen molar-refractivity contribution in [2.24, 2.45) is 5.92 Å². The number of likely N-dealkylation sites (tertiary alicyclic amines) is 1. The molecule has 7 N–H and O–H groups in total. The molecule has 2 atom stereocenters. The van der Waals surface area contributed by atoms with Gasteiger partial charge in [-0.25, -0.2) is 4.98 Å². The van der Waals surface area contributed by atoms with E-state index in [-0.39, 0.29) is 41.7 Å². The van der Waals surface area contributed by atoms with E-state index in [2.05, 4.69) is 36.5 Å². The second-order valence-corrected chi connectivity index (χ2v) is 16.1. The number of imidazole rings is 1. The van der Waals surface area contributed by atoms with E-state index in [1.165, 1.54) is 6.21 Å². The summed E-state index contributed by atoms with van der Waals surface area (Å²) >= 11 is 0. The van der Waals surface area contributed by atoms with Crippen LogP contribution >= 0.6 is 0 Å². The quantitative estimate of drug-likeness (QED) is 0.0287. The van der Waals surface area contributed by atoms with Gasteiger partial charge in [0.15, 0.2) is 0 Å². The predicted octanol–water partition coefficient (Wildman–Crippen LogP) is 2.76. The van der Waals surface area contributed by atoms with E-state index >= 15 is 0 Å². The van der Waals surface area contributed by atoms with Crippen LogP contribution < -0.4 is 26.6 Å². The second kappa shape index (κ2) is 23.0. The van der Waals surface area contributed by atoms with Crippen molar-refractivity contribution in [1.29, 1.82) is 5.41 Å². The Bertz CT molecular complexity index is 2420. The highest BCUT2D eigenvalue weighted by Crippen LogP contribution is 2.32. The summed E-state index contributed by atoms with van der Waals surface area (Å²) in [5.41, 5.74) is 4.96. The maximum Gasteiger partial charge on any atom is 0.264 e. The van der Waals surface area contributed by atoms with Crippen molar-refractivity contribution in [2.45, 2.75) is 38.3 Å². The molecule has 2 unspecified atom stereocenters. The number of hydrogen-bond acceptors (Lipinski definition) is 15. The summed E-state index contributed by atoms with van der Waals surface area (Å²) in [6.07, 6.45) is 2.72. The van der Waals surface area contributed by atoms with Crippen molar-refractivity contribution >= 4 is 69.8 Å². The van der Waals surface area contributed by atoms with Gasteiger partial charge in [-0.05, 0) is 73.8 Å². The van der Waals surface area contributed by atoms with Gasteiger partial charge in [0.05, 0.1) is 81.6 Å². The van der Waals surface area contributed by atoms with Crippen LogP contribution in [0.25, 0.3) is 11.0 Å². The number of aromatic nitrogens is 2. The molecule has 2 saturated heterocycles. The average molecular weight is 909 g/mol. The molecular formula is C46H56N10O10. The van der Waals surface area contributed by atoms with E-state index in [1.807, 2.05) is 18.2 Å². The number of aromatic amines is 1. The third-order valence-corrected chi connectivity index (χ3v) is 11.5. The Morgan fingerprint density at radius 1 is 0.864 bits per heavy atom. The van der Waals surface area contributed by atoms with Gasteiger partial charge in [0.2, 0.25) is 17.7 Å². The molecule has 350 valence electrons. The second-order valence-electron chi connectivity index (χ2n) is 16.1. The number of carbonyl (C=O) groups excluding carboxylic acids is 6. The van der Waals surface area contributed by atoms with E-state index in [0.29, 0.717) is 101 Å². The fourth-order valence-electron chi connectivity index (χ4n) is 8.18. The molecule has 3 aliphatic heterocycles. The van der Waals surface area contributed by atoms with Gasteiger partial charge >= 0.3 is 0 Å². The molecule has 4 heterocycles. The first-order chi connectivity index (χ1) is 32.1. The van der Waals surface area contributed by atoms with Gasteiger partial charge in [0.25, 0.3) is 17.7 Å². The van der Waals surface area contributed by atoms with Crippen LogP contribution in [0.1, 0.15) is 68.1 Å². The summed E-state index contributed by atoms with van der Waals surface area (Å²) in [7, 11) is 1.77. The summed E-state index contributed by atoms with van der Waals surface area (Å²) in [4.78, 5) is 87.0. The Morgan fingerprint density at radius 2 is 1.61 bits per heavy atom. The van der Waals surface area contributed by atoms with Crippen molar-refractivity contribution in [3.63, 3.8) is 0 Å². The Balaban J connectivity index is 0.677. The summed E-state index contributed by atoms with van der Waals surface area (Å²) in [5, 5.41) is 21.8. The molecule has 2 fully saturated rings. The lowest BCUT2D eigenvalue weighted by atomic mass is 10.0. The van der Waals surface area contributed by atoms with Crippen molar-refractivity contribution in [2.75, 3.05) is 102 Å². The number of fused-ring (bicyclic) bond motifs is 2. The van der Waals surface area contributed by atoms with E-state index in [4.69, 9.17) is 29.3 Å². The minimum atomic E-state index is -1.02. The maximum absolute atomic E-state index is 13.2. The first kappa shape index (κ1) is 47.4. The molecule has 3 aromatic carbocycles. The monoisotopic (exact) mass is 908 g/mol. The minimum absolute atomic E-state index is 0.00180. The standard InChI is InChI=1S/C46H56N10O10/c1-48-34-7-5-30(24-31(34)26-47)43(59)51-32-6-8-35-37(25-32)53-39(52-35)28-55-14-11-29(27-55)23-41(58)50-13-16-64-18-20-66-22-21-65-19-17-63-15-12-49-36-4-2-3-33-42(36)46(62)56(45(33)61)38-9-10-40(57)54-44(38)60/h2-8,24-26,29,38,47-49H,9-23,27-28H2,1H3,(H,50,58)(H,51,59)(H,52,53)(H,54,57,60). The first-order valence-electron chi connectivity index (χ1n) is 22.1. The molecule has 4 aromatic rings. The van der Waals surface area contributed by atoms with Gasteiger partial charge in [-0.2, -0.15) is 0 Å². The molecule has 0 saturated carbocycles. The third-order valence-electron chi connectivity index (χ3n) is 11.5. The van der Waals surface area contributed by atoms with Crippen LogP contribution in [0, 0.1) is 11.3 Å². The Hall–Kier alpha value is -6.58. The van der Waals surface area contributed by atoms with Crippen molar-refractivity contribution in [1.82, 2.24) is 30.4 Å². The zero-order valence-corrected chi connectivity index (χ0v) is 36.9. The number of piperidine rings is 1. The fourth-order valence-corrected chi connectivity index (χ4v) is 8.18. The third kappa shape index (κ3) is 12.2. The highest BCUT2D eigenvalue weighted by atomic mass is 16.6. The maximum atomic E-state index is 13.2. The number of nitrogens with zero attached hydrogens (tertiary/aromatic N) is 3. The number of amides is 6. The Morgan fingerprint density at radius 3 is 2.33 bits per heavy atom. The highest BCUT2D eigenvalue weighted by molar-refractivity contribution is 6.25. The topological polar surface area (TPSA) is 258 Å². The number of ether oxygens (including phenoxy) is 4. The average Bonchev–Trinajstić information content (AvgIpc) is 4.00. The van der Waals surface area contributed by atoms with Gasteiger partial charge in [-0.1, -0.05) is 6.07 Å². The molecule has 20 nitrogen and oxygen atoms in total. The fraction of sp³-hybridized carbons (Fsp3) is 0.435. The number of imide groups is 2. The number of anilines is 3. The SMILES string of the molecule is CNc1ccc(C(=O)Nc2ccc3[nH]c(CN4CCC(CC(=O)NCCOCCOCCOCCOCCNc5cccc6c5C(=O)N(C5CCC(=O)NC5=O)C6=O)C4)nc3c2)cc1C=N. The molecule has 20 heteroatoms. The zero-order valence-electron chi connectivity index (χ0n) is 36.9. The van der Waals surface area contributed by atoms with Crippen LogP contribution in [0.4, 0.5) is 17.1 Å². The molecule has 0 spiro atoms. The van der Waals surface area contributed by atoms with Crippen LogP contribution in [-0.4, -0.2) is 154 Å². The summed E-state index contributed by atoms with van der Waals surface area (Å²) < 4.78 is 22.3. The molecule has 3 aliphatic rings. The Kier molecular flexibility index (Phi) is 16.5. The van der Waals surface area contributed by atoms with Crippen LogP contribution in [0.5, 0.6) is 0 Å². The summed E-state index contributed by atoms with van der Waals surface area (Å²) in [6.45, 7) is 6.03. The molecule has 66 heavy (non-hydrogen) atoms. The van der Waals surface area contributed by atoms with Gasteiger partial charge in [-0.3, -0.25) is 43.9 Å². The van der Waals surface area contributed by atoms with Gasteiger partial charge in [0.1, 0.15) is 11.9 Å². The number of carbonyl (C=O) groups is 6. The lowest BCUT2D eigenvalue weighted by molar-refractivity contribution is -0.136. The molecule has 7 rings (SSSR count). The lowest BCUT2D eigenvalue weighted by Crippen LogP contribution is -2.54. The van der Waals surface area contributed by atoms with Crippen molar-refractivity contribution in [3.05, 3.63) is 82.7 Å². The summed E-state index contributed by atoms with van der Waals surface area (Å²) in [6, 6.07) is 14.6. The number of H-pyrrole nitrogens is 1. The number of benzene rings is 3. The van der Waals surface area contributed by atoms with Crippen LogP contribution in [0.2, 0.25) is 0 Å². The van der Waals surface area contributed by atoms with Gasteiger partial charge in [0, 0.05) is 73.9 Å². The van der Waals surface area contributed by atoms with Gasteiger partial charge in [-0.15, -0.1) is 0 Å². The van der Waals surface area contributed by atoms with Crippen molar-refractivity contribution < 1.29 is 47.7 Å². The van der Waals surface area contributed by atoms with E-state index in [1.54, 1.807) is 43.4 Å². The highest BCUT2D eigenvalue weighted by Gasteiger charge is 2.45. The van der Waals surface area contributed by atoms with Crippen LogP contribution in [0.15, 0.2) is 54.6 Å². The van der Waals surface area contributed by atoms with Gasteiger partial charge < -0.3 is 50.6 Å². The van der Waals surface area contributed by atoms with E-state index in [9.17, 15) is 28.8 Å². The first-order valence-corrected chi connectivity index (χ1v) is 22.1. The normalized spacial score (nSPS) is 17.3. The van der Waals surface area contributed by atoms with Crippen LogP contribution in [0.3, 0.4) is 0 Å². The van der Waals surface area contributed by atoms with E-state index in [0.717, 1.165) is 47.0 Å². The lowest BCUT2D eigenvalue weighted by Gasteiger charge is -2.27. The smallest absolute Gasteiger partial charge is 0.264 e.